The van der Waals surface area contributed by atoms with Crippen molar-refractivity contribution in [3.63, 3.8) is 0 Å². The Morgan fingerprint density at radius 1 is 1.19 bits per heavy atom. The summed E-state index contributed by atoms with van der Waals surface area (Å²) < 4.78 is 0. The first-order valence-corrected chi connectivity index (χ1v) is 9.88. The van der Waals surface area contributed by atoms with Gasteiger partial charge in [-0.05, 0) is 44.7 Å². The van der Waals surface area contributed by atoms with Crippen LogP contribution in [0.15, 0.2) is 30.5 Å². The molecule has 1 spiro atoms. The Labute approximate surface area is 160 Å². The molecule has 0 aliphatic carbocycles. The minimum atomic E-state index is -0.408. The smallest absolute Gasteiger partial charge is 0.243 e. The Hall–Kier alpha value is -2.18. The topological polar surface area (TPSA) is 72.5 Å². The van der Waals surface area contributed by atoms with Gasteiger partial charge in [0.1, 0.15) is 5.54 Å². The van der Waals surface area contributed by atoms with E-state index in [2.05, 4.69) is 46.3 Å². The van der Waals surface area contributed by atoms with E-state index >= 15 is 0 Å². The summed E-state index contributed by atoms with van der Waals surface area (Å²) in [5.74, 6) is 0.195. The number of β-amino-alcohol motifs (C(OH)–C–C–N with tert-alkyl or cyclic N) is 1. The van der Waals surface area contributed by atoms with Crippen molar-refractivity contribution >= 4 is 5.91 Å². The molecule has 1 amide bonds. The second kappa shape index (κ2) is 7.44. The van der Waals surface area contributed by atoms with Crippen LogP contribution in [-0.4, -0.2) is 62.8 Å². The minimum absolute atomic E-state index is 0.0289. The molecule has 0 saturated carbocycles. The summed E-state index contributed by atoms with van der Waals surface area (Å²) in [7, 11) is 0. The molecule has 27 heavy (non-hydrogen) atoms. The molecule has 6 nitrogen and oxygen atoms in total. The average molecular weight is 368 g/mol. The normalized spacial score (nSPS) is 23.5. The number of amides is 1. The Balaban J connectivity index is 1.59. The number of aromatic nitrogens is 2. The molecule has 2 aliphatic rings. The summed E-state index contributed by atoms with van der Waals surface area (Å²) in [5.41, 5.74) is 4.11. The van der Waals surface area contributed by atoms with Crippen LogP contribution < -0.4 is 0 Å². The zero-order chi connectivity index (χ0) is 18.9. The lowest BCUT2D eigenvalue weighted by molar-refractivity contribution is -0.148. The van der Waals surface area contributed by atoms with Crippen LogP contribution >= 0.6 is 0 Å². The largest absolute Gasteiger partial charge is 0.395 e. The molecule has 1 atom stereocenters. The van der Waals surface area contributed by atoms with E-state index < -0.39 is 5.54 Å². The fourth-order valence-electron chi connectivity index (χ4n) is 4.70. The number of hydrogen-bond acceptors (Lipinski definition) is 4. The third kappa shape index (κ3) is 3.28. The molecule has 2 saturated heterocycles. The van der Waals surface area contributed by atoms with Crippen LogP contribution in [0.4, 0.5) is 0 Å². The number of rotatable bonds is 5. The third-order valence-electron chi connectivity index (χ3n) is 6.12. The van der Waals surface area contributed by atoms with Crippen molar-refractivity contribution in [1.82, 2.24) is 20.0 Å². The highest BCUT2D eigenvalue weighted by atomic mass is 16.3. The van der Waals surface area contributed by atoms with Crippen molar-refractivity contribution in [1.29, 1.82) is 0 Å². The van der Waals surface area contributed by atoms with Gasteiger partial charge in [-0.3, -0.25) is 14.8 Å². The molecule has 2 fully saturated rings. The summed E-state index contributed by atoms with van der Waals surface area (Å²) in [6, 6.07) is 8.44. The Kier molecular flexibility index (Phi) is 5.02. The molecule has 144 valence electrons. The second-order valence-electron chi connectivity index (χ2n) is 7.81. The quantitative estimate of drug-likeness (QED) is 0.850. The number of piperidine rings is 1. The van der Waals surface area contributed by atoms with Crippen molar-refractivity contribution in [2.75, 3.05) is 26.2 Å². The van der Waals surface area contributed by atoms with E-state index in [4.69, 9.17) is 0 Å². The number of aryl methyl sites for hydroxylation is 1. The number of carbonyl (C=O) groups excluding carboxylic acids is 1. The van der Waals surface area contributed by atoms with Crippen molar-refractivity contribution in [3.8, 4) is 11.3 Å². The molecule has 0 radical (unpaired) electrons. The number of nitrogens with one attached hydrogen (secondary N) is 1. The molecule has 2 aliphatic heterocycles. The molecule has 4 rings (SSSR count). The van der Waals surface area contributed by atoms with Crippen LogP contribution in [0.1, 0.15) is 36.8 Å². The first-order chi connectivity index (χ1) is 13.1. The number of aliphatic hydroxyl groups is 1. The van der Waals surface area contributed by atoms with E-state index in [1.807, 2.05) is 11.1 Å². The number of carbonyl (C=O) groups is 1. The molecule has 2 N–H and O–H groups in total. The number of likely N-dealkylation sites (tertiary alicyclic amines) is 2. The lowest BCUT2D eigenvalue weighted by Gasteiger charge is -2.44. The molecule has 2 aromatic rings. The number of benzene rings is 1. The van der Waals surface area contributed by atoms with Gasteiger partial charge in [-0.15, -0.1) is 0 Å². The fourth-order valence-corrected chi connectivity index (χ4v) is 4.70. The van der Waals surface area contributed by atoms with E-state index in [9.17, 15) is 9.90 Å². The van der Waals surface area contributed by atoms with Crippen LogP contribution in [0.5, 0.6) is 0 Å². The highest BCUT2D eigenvalue weighted by Gasteiger charge is 2.50. The first kappa shape index (κ1) is 18.2. The SMILES string of the molecule is Cc1ccc(-c2[nH]ncc2CN2CCCC23CCCN(CCO)C3=O)cc1. The monoisotopic (exact) mass is 368 g/mol. The van der Waals surface area contributed by atoms with E-state index in [0.29, 0.717) is 6.54 Å². The van der Waals surface area contributed by atoms with E-state index in [1.165, 1.54) is 5.56 Å². The van der Waals surface area contributed by atoms with Crippen LogP contribution in [0.25, 0.3) is 11.3 Å². The molecular weight excluding hydrogens is 340 g/mol. The van der Waals surface area contributed by atoms with Gasteiger partial charge < -0.3 is 10.0 Å². The Morgan fingerprint density at radius 3 is 2.67 bits per heavy atom. The maximum absolute atomic E-state index is 13.2. The van der Waals surface area contributed by atoms with E-state index in [-0.39, 0.29) is 12.5 Å². The lowest BCUT2D eigenvalue weighted by Crippen LogP contribution is -2.60. The Morgan fingerprint density at radius 2 is 1.93 bits per heavy atom. The Bertz CT molecular complexity index is 799. The zero-order valence-electron chi connectivity index (χ0n) is 15.9. The minimum Gasteiger partial charge on any atom is -0.395 e. The number of hydrogen-bond donors (Lipinski definition) is 2. The van der Waals surface area contributed by atoms with Gasteiger partial charge in [-0.2, -0.15) is 5.10 Å². The summed E-state index contributed by atoms with van der Waals surface area (Å²) in [6.45, 7) is 4.96. The van der Waals surface area contributed by atoms with Crippen molar-refractivity contribution in [2.24, 2.45) is 0 Å². The summed E-state index contributed by atoms with van der Waals surface area (Å²) in [5, 5.41) is 16.7. The fraction of sp³-hybridized carbons (Fsp3) is 0.524. The van der Waals surface area contributed by atoms with Crippen molar-refractivity contribution < 1.29 is 9.90 Å². The molecular formula is C21H28N4O2. The molecule has 1 aromatic heterocycles. The highest BCUT2D eigenvalue weighted by molar-refractivity contribution is 5.87. The van der Waals surface area contributed by atoms with Crippen LogP contribution in [0.2, 0.25) is 0 Å². The number of H-pyrrole nitrogens is 1. The zero-order valence-corrected chi connectivity index (χ0v) is 15.9. The number of aromatic amines is 1. The summed E-state index contributed by atoms with van der Waals surface area (Å²) in [4.78, 5) is 17.4. The van der Waals surface area contributed by atoms with Crippen LogP contribution in [0, 0.1) is 6.92 Å². The maximum atomic E-state index is 13.2. The average Bonchev–Trinajstić information content (AvgIpc) is 3.29. The molecule has 1 unspecified atom stereocenters. The van der Waals surface area contributed by atoms with Gasteiger partial charge in [0, 0.05) is 25.2 Å². The number of nitrogens with zero attached hydrogens (tertiary/aromatic N) is 3. The van der Waals surface area contributed by atoms with Gasteiger partial charge in [-0.1, -0.05) is 29.8 Å². The van der Waals surface area contributed by atoms with Gasteiger partial charge in [0.25, 0.3) is 0 Å². The maximum Gasteiger partial charge on any atom is 0.243 e. The van der Waals surface area contributed by atoms with Crippen LogP contribution in [-0.2, 0) is 11.3 Å². The standard InChI is InChI=1S/C21H28N4O2/c1-16-4-6-17(7-5-16)19-18(14-22-23-19)15-25-11-3-9-21(25)8-2-10-24(12-13-26)20(21)27/h4-7,14,26H,2-3,8-13,15H2,1H3,(H,22,23). The summed E-state index contributed by atoms with van der Waals surface area (Å²) in [6.07, 6.45) is 5.74. The van der Waals surface area contributed by atoms with Crippen molar-refractivity contribution in [3.05, 3.63) is 41.6 Å². The molecule has 3 heterocycles. The van der Waals surface area contributed by atoms with E-state index in [0.717, 1.165) is 62.1 Å². The molecule has 1 aromatic carbocycles. The lowest BCUT2D eigenvalue weighted by atomic mass is 9.85. The van der Waals surface area contributed by atoms with Crippen LogP contribution in [0.3, 0.4) is 0 Å². The van der Waals surface area contributed by atoms with Gasteiger partial charge >= 0.3 is 0 Å². The predicted molar refractivity (Wildman–Crippen MR) is 104 cm³/mol. The number of aliphatic hydroxyl groups excluding tert-OH is 1. The highest BCUT2D eigenvalue weighted by Crippen LogP contribution is 2.39. The molecule has 0 bridgehead atoms. The van der Waals surface area contributed by atoms with Gasteiger partial charge in [-0.25, -0.2) is 0 Å². The third-order valence-corrected chi connectivity index (χ3v) is 6.12. The van der Waals surface area contributed by atoms with E-state index in [1.54, 1.807) is 0 Å². The first-order valence-electron chi connectivity index (χ1n) is 9.88. The summed E-state index contributed by atoms with van der Waals surface area (Å²) >= 11 is 0. The van der Waals surface area contributed by atoms with Gasteiger partial charge in [0.2, 0.25) is 5.91 Å². The van der Waals surface area contributed by atoms with Gasteiger partial charge in [0.05, 0.1) is 18.5 Å². The van der Waals surface area contributed by atoms with Crippen molar-refractivity contribution in [2.45, 2.75) is 44.7 Å². The van der Waals surface area contributed by atoms with Gasteiger partial charge in [0.15, 0.2) is 0 Å². The molecule has 6 heteroatoms. The second-order valence-corrected chi connectivity index (χ2v) is 7.81. The predicted octanol–water partition coefficient (Wildman–Crippen LogP) is 2.33.